The third kappa shape index (κ3) is 34.3. The van der Waals surface area contributed by atoms with Crippen LogP contribution < -0.4 is 0 Å². The van der Waals surface area contributed by atoms with Gasteiger partial charge in [-0.2, -0.15) is 0 Å². The Labute approximate surface area is 86.6 Å². The van der Waals surface area contributed by atoms with E-state index in [2.05, 4.69) is 98.1 Å². The number of rotatable bonds is 0. The minimum absolute atomic E-state index is 2.56. The van der Waals surface area contributed by atoms with Gasteiger partial charge < -0.3 is 0 Å². The average molecular weight is 850 g/mol. The molecule has 0 nitrogen and oxygen atoms in total. The molecular weight excluding hydrogens is 850 g/mol. The first-order valence-corrected chi connectivity index (χ1v) is 52.0. The zero-order chi connectivity index (χ0) is 6.41. The molecule has 0 heterocycles. The molecule has 0 bridgehead atoms. The molecule has 0 aliphatic carbocycles. The fourth-order valence-corrected chi connectivity index (χ4v) is 0. The van der Waals surface area contributed by atoms with Gasteiger partial charge in [-0.05, 0) is 0 Å². The molecule has 0 aliphatic heterocycles. The van der Waals surface area contributed by atoms with Crippen molar-refractivity contribution in [2.45, 2.75) is 0 Å². The molecule has 0 aromatic carbocycles. The van der Waals surface area contributed by atoms with Crippen LogP contribution in [0.4, 0.5) is 0 Å². The molecule has 0 atom stereocenters. The van der Waals surface area contributed by atoms with Gasteiger partial charge in [-0.25, -0.2) is 0 Å². The van der Waals surface area contributed by atoms with Crippen LogP contribution in [0.2, 0.25) is 0 Å². The molecule has 0 spiro atoms. The second-order valence-corrected chi connectivity index (χ2v) is 329. The Bertz CT molecular complexity index is 62.7. The monoisotopic (exact) mass is 850 g/mol. The Kier molecular flexibility index (Phi) is 5.36. The second kappa shape index (κ2) is 3.01. The van der Waals surface area contributed by atoms with E-state index in [1.165, 1.54) is 0 Å². The third-order valence-corrected chi connectivity index (χ3v) is 0. The summed E-state index contributed by atoms with van der Waals surface area (Å²) < 4.78 is -2.56. The van der Waals surface area contributed by atoms with Gasteiger partial charge in [0.15, 0.2) is 0 Å². The maximum atomic E-state index is 2.59. The Balaban J connectivity index is 4.43. The SMILES string of the molecule is [I][Y]([I])([I])([I])([I])[I]. The predicted molar refractivity (Wildman–Crippen MR) is 84.1 cm³/mol. The van der Waals surface area contributed by atoms with E-state index >= 15 is 0 Å². The van der Waals surface area contributed by atoms with Crippen molar-refractivity contribution in [3.8, 4) is 0 Å². The van der Waals surface area contributed by atoms with Crippen LogP contribution in [0.1, 0.15) is 0 Å². The minimum atomic E-state index is -2.56. The second-order valence-electron chi connectivity index (χ2n) is 1.24. The Morgan fingerprint density at radius 2 is 0.571 bits per heavy atom. The molecule has 0 saturated carbocycles. The molecule has 0 amide bonds. The predicted octanol–water partition coefficient (Wildman–Crippen LogP) is 5.31. The van der Waals surface area contributed by atoms with Gasteiger partial charge in [0.25, 0.3) is 0 Å². The van der Waals surface area contributed by atoms with Gasteiger partial charge in [0.1, 0.15) is 0 Å². The van der Waals surface area contributed by atoms with Crippen molar-refractivity contribution in [3.63, 3.8) is 0 Å². The third-order valence-electron chi connectivity index (χ3n) is 0. The van der Waals surface area contributed by atoms with Crippen LogP contribution in [0.3, 0.4) is 0 Å². The molecule has 0 aromatic rings. The molecule has 0 rings (SSSR count). The van der Waals surface area contributed by atoms with Crippen molar-refractivity contribution >= 4 is 98.1 Å². The van der Waals surface area contributed by atoms with Gasteiger partial charge in [-0.1, -0.05) is 0 Å². The Morgan fingerprint density at radius 3 is 0.571 bits per heavy atom. The van der Waals surface area contributed by atoms with Crippen molar-refractivity contribution in [3.05, 3.63) is 0 Å². The zero-order valence-electron chi connectivity index (χ0n) is 2.85. The van der Waals surface area contributed by atoms with E-state index < -0.39 is -6.50 Å². The number of halogens is 6. The summed E-state index contributed by atoms with van der Waals surface area (Å²) >= 11 is 15.5. The van der Waals surface area contributed by atoms with E-state index in [1.807, 2.05) is 0 Å². The quantitative estimate of drug-likeness (QED) is 0.291. The van der Waals surface area contributed by atoms with Gasteiger partial charge in [0, 0.05) is 0 Å². The molecule has 0 radical (unpaired) electrons. The van der Waals surface area contributed by atoms with Gasteiger partial charge in [-0.3, -0.25) is 0 Å². The summed E-state index contributed by atoms with van der Waals surface area (Å²) in [5.74, 6) is 0. The summed E-state index contributed by atoms with van der Waals surface area (Å²) in [6.45, 7) is 0. The molecule has 0 saturated heterocycles. The van der Waals surface area contributed by atoms with Crippen molar-refractivity contribution in [2.24, 2.45) is 0 Å². The average Bonchev–Trinajstić information content (AvgIpc) is 0.592. The van der Waals surface area contributed by atoms with E-state index in [-0.39, 0.29) is 0 Å². The molecule has 7 heavy (non-hydrogen) atoms. The van der Waals surface area contributed by atoms with E-state index in [4.69, 9.17) is 0 Å². The summed E-state index contributed by atoms with van der Waals surface area (Å²) in [6, 6.07) is 0. The normalized spacial score (nSPS) is 23.1. The van der Waals surface area contributed by atoms with Crippen LogP contribution in [0.15, 0.2) is 0 Å². The fraction of sp³-hybridized carbons (Fsp3) is 0. The van der Waals surface area contributed by atoms with E-state index in [9.17, 15) is 0 Å². The summed E-state index contributed by atoms with van der Waals surface area (Å²) in [5.41, 5.74) is 0. The summed E-state index contributed by atoms with van der Waals surface area (Å²) in [5, 5.41) is 0. The molecule has 45 valence electrons. The standard InChI is InChI=1S/6HI.Y/h6*1H;/q;;;;;;+6/p-6. The summed E-state index contributed by atoms with van der Waals surface area (Å²) in [4.78, 5) is 0. The molecule has 0 aliphatic rings. The number of hydrogen-bond donors (Lipinski definition) is 0. The first kappa shape index (κ1) is 12.5. The Morgan fingerprint density at radius 1 is 0.571 bits per heavy atom. The van der Waals surface area contributed by atoms with Crippen LogP contribution in [-0.2, 0) is -6.50 Å². The van der Waals surface area contributed by atoms with Crippen LogP contribution in [0.5, 0.6) is 0 Å². The Hall–Kier alpha value is 5.48. The molecule has 0 N–H and O–H groups in total. The summed E-state index contributed by atoms with van der Waals surface area (Å²) in [6.07, 6.45) is 0. The summed E-state index contributed by atoms with van der Waals surface area (Å²) in [7, 11) is 0. The van der Waals surface area contributed by atoms with Crippen LogP contribution in [0, 0.1) is 0 Å². The van der Waals surface area contributed by atoms with E-state index in [1.54, 1.807) is 0 Å². The van der Waals surface area contributed by atoms with Gasteiger partial charge in [-0.15, -0.1) is 0 Å². The van der Waals surface area contributed by atoms with E-state index in [0.717, 1.165) is 0 Å². The van der Waals surface area contributed by atoms with Crippen molar-refractivity contribution in [2.75, 3.05) is 0 Å². The van der Waals surface area contributed by atoms with Crippen LogP contribution >= 0.6 is 98.1 Å². The zero-order valence-corrected chi connectivity index (χ0v) is 18.6. The number of hydrogen-bond acceptors (Lipinski definition) is 0. The first-order valence-electron chi connectivity index (χ1n) is 1.31. The van der Waals surface area contributed by atoms with Crippen molar-refractivity contribution in [1.82, 2.24) is 0 Å². The van der Waals surface area contributed by atoms with Gasteiger partial charge >= 0.3 is 91.6 Å². The van der Waals surface area contributed by atoms with Crippen LogP contribution in [-0.4, -0.2) is 0 Å². The van der Waals surface area contributed by atoms with E-state index in [0.29, 0.717) is 0 Å². The van der Waals surface area contributed by atoms with Crippen molar-refractivity contribution in [1.29, 1.82) is 0 Å². The maximum absolute atomic E-state index is 2.59. The molecule has 0 fully saturated rings. The van der Waals surface area contributed by atoms with Gasteiger partial charge in [0.2, 0.25) is 0 Å². The molecule has 7 heteroatoms. The van der Waals surface area contributed by atoms with Crippen LogP contribution in [0.25, 0.3) is 0 Å². The fourth-order valence-electron chi connectivity index (χ4n) is 0. The molecular formula is I6Y. The topological polar surface area (TPSA) is 0 Å². The van der Waals surface area contributed by atoms with Crippen molar-refractivity contribution < 1.29 is -6.50 Å². The first-order chi connectivity index (χ1) is 2.45. The molecule has 0 unspecified atom stereocenters. The molecule has 0 aromatic heterocycles. The van der Waals surface area contributed by atoms with Gasteiger partial charge in [0.05, 0.1) is 0 Å².